The molecular formula is C25H31N3O4. The van der Waals surface area contributed by atoms with Gasteiger partial charge in [-0.05, 0) is 63.0 Å². The van der Waals surface area contributed by atoms with Crippen LogP contribution in [0, 0.1) is 23.7 Å². The second-order valence-corrected chi connectivity index (χ2v) is 10.4. The van der Waals surface area contributed by atoms with Gasteiger partial charge in [0.05, 0.1) is 5.56 Å². The van der Waals surface area contributed by atoms with Crippen LogP contribution in [0.5, 0.6) is 5.75 Å². The van der Waals surface area contributed by atoms with E-state index in [1.807, 2.05) is 23.1 Å². The predicted octanol–water partition coefficient (Wildman–Crippen LogP) is 2.46. The molecular weight excluding hydrogens is 406 g/mol. The van der Waals surface area contributed by atoms with Gasteiger partial charge in [-0.3, -0.25) is 14.4 Å². The number of para-hydroxylation sites is 1. The van der Waals surface area contributed by atoms with Gasteiger partial charge in [-0.1, -0.05) is 12.1 Å². The molecule has 2 bridgehead atoms. The summed E-state index contributed by atoms with van der Waals surface area (Å²) in [6, 6.07) is 7.55. The lowest BCUT2D eigenvalue weighted by atomic mass is 9.60. The van der Waals surface area contributed by atoms with E-state index in [4.69, 9.17) is 4.74 Å². The summed E-state index contributed by atoms with van der Waals surface area (Å²) >= 11 is 0. The van der Waals surface area contributed by atoms with Crippen molar-refractivity contribution in [2.45, 2.75) is 63.1 Å². The van der Waals surface area contributed by atoms with Crippen molar-refractivity contribution in [3.63, 3.8) is 0 Å². The van der Waals surface area contributed by atoms with E-state index < -0.39 is 5.72 Å². The normalized spacial score (nSPS) is 33.9. The topological polar surface area (TPSA) is 87.7 Å². The molecule has 7 nitrogen and oxygen atoms in total. The number of benzene rings is 1. The number of carbonyl (C=O) groups is 3. The third kappa shape index (κ3) is 3.37. The number of piperidine rings is 1. The van der Waals surface area contributed by atoms with Gasteiger partial charge in [-0.25, -0.2) is 0 Å². The van der Waals surface area contributed by atoms with Gasteiger partial charge in [0, 0.05) is 43.3 Å². The number of rotatable bonds is 3. The molecule has 4 saturated carbocycles. The number of ether oxygens (including phenoxy) is 1. The monoisotopic (exact) mass is 437 g/mol. The second kappa shape index (κ2) is 7.49. The Kier molecular flexibility index (Phi) is 4.70. The minimum absolute atomic E-state index is 0.0248. The van der Waals surface area contributed by atoms with Crippen LogP contribution in [-0.4, -0.2) is 47.5 Å². The van der Waals surface area contributed by atoms with Crippen molar-refractivity contribution >= 4 is 17.7 Å². The molecule has 1 spiro atoms. The van der Waals surface area contributed by atoms with Crippen molar-refractivity contribution in [3.8, 4) is 5.75 Å². The second-order valence-electron chi connectivity index (χ2n) is 10.4. The number of amides is 3. The molecule has 1 aromatic carbocycles. The van der Waals surface area contributed by atoms with E-state index in [-0.39, 0.29) is 41.5 Å². The number of likely N-dealkylation sites (tertiary alicyclic amines) is 1. The average molecular weight is 438 g/mol. The highest BCUT2D eigenvalue weighted by Crippen LogP contribution is 2.52. The molecule has 0 aromatic heterocycles. The van der Waals surface area contributed by atoms with Gasteiger partial charge in [0.25, 0.3) is 5.91 Å². The van der Waals surface area contributed by atoms with Gasteiger partial charge in [-0.15, -0.1) is 0 Å². The lowest BCUT2D eigenvalue weighted by molar-refractivity contribution is -0.147. The number of nitrogens with zero attached hydrogens (tertiary/aromatic N) is 1. The zero-order chi connectivity index (χ0) is 21.9. The van der Waals surface area contributed by atoms with E-state index in [9.17, 15) is 14.4 Å². The first-order chi connectivity index (χ1) is 15.5. The maximum absolute atomic E-state index is 13.2. The Morgan fingerprint density at radius 2 is 1.84 bits per heavy atom. The van der Waals surface area contributed by atoms with Crippen LogP contribution in [0.1, 0.15) is 61.7 Å². The summed E-state index contributed by atoms with van der Waals surface area (Å²) in [5.41, 5.74) is -0.0972. The van der Waals surface area contributed by atoms with Gasteiger partial charge in [0.2, 0.25) is 11.8 Å². The van der Waals surface area contributed by atoms with Crippen LogP contribution in [-0.2, 0) is 9.59 Å². The number of nitrogens with one attached hydrogen (secondary N) is 2. The Hall–Kier alpha value is -2.57. The number of hydrogen-bond donors (Lipinski definition) is 2. The largest absolute Gasteiger partial charge is 0.467 e. The summed E-state index contributed by atoms with van der Waals surface area (Å²) in [7, 11) is 0. The van der Waals surface area contributed by atoms with Crippen molar-refractivity contribution in [1.82, 2.24) is 15.5 Å². The number of fused-ring (bicyclic) bond motifs is 3. The van der Waals surface area contributed by atoms with Crippen LogP contribution in [0.15, 0.2) is 24.3 Å². The van der Waals surface area contributed by atoms with Crippen LogP contribution in [0.25, 0.3) is 0 Å². The summed E-state index contributed by atoms with van der Waals surface area (Å²) < 4.78 is 6.40. The zero-order valence-corrected chi connectivity index (χ0v) is 18.3. The van der Waals surface area contributed by atoms with Crippen molar-refractivity contribution in [1.29, 1.82) is 0 Å². The smallest absolute Gasteiger partial charge is 0.258 e. The molecule has 32 heavy (non-hydrogen) atoms. The number of carbonyl (C=O) groups excluding carboxylic acids is 3. The molecule has 2 aliphatic heterocycles. The third-order valence-electron chi connectivity index (χ3n) is 8.38. The highest BCUT2D eigenvalue weighted by Gasteiger charge is 2.57. The molecule has 1 aromatic rings. The molecule has 3 amide bonds. The highest BCUT2D eigenvalue weighted by molar-refractivity contribution is 5.98. The predicted molar refractivity (Wildman–Crippen MR) is 117 cm³/mol. The molecule has 6 aliphatic rings. The van der Waals surface area contributed by atoms with Crippen LogP contribution >= 0.6 is 0 Å². The van der Waals surface area contributed by atoms with E-state index in [0.29, 0.717) is 23.6 Å². The fraction of sp³-hybridized carbons (Fsp3) is 0.640. The molecule has 2 heterocycles. The molecule has 4 aliphatic carbocycles. The Morgan fingerprint density at radius 1 is 1.06 bits per heavy atom. The van der Waals surface area contributed by atoms with Gasteiger partial charge >= 0.3 is 0 Å². The molecule has 4 atom stereocenters. The standard InChI is InChI=1S/C25H31N3O4/c29-22(26-18-9-11-28(12-10-18)24(31)15-5-6-15)20-13-17-8-7-16(20)14-25(17)27-23(30)19-3-1-2-4-21(19)32-25/h1-4,15-18,20H,5-14H2,(H,26,29)(H,27,30)/t16-,17+,20+,25+/m1/s1. The number of hydrogen-bond acceptors (Lipinski definition) is 4. The first-order valence-electron chi connectivity index (χ1n) is 12.2. The van der Waals surface area contributed by atoms with Crippen LogP contribution in [0.2, 0.25) is 0 Å². The summed E-state index contributed by atoms with van der Waals surface area (Å²) in [5.74, 6) is 1.61. The van der Waals surface area contributed by atoms with Crippen LogP contribution < -0.4 is 15.4 Å². The van der Waals surface area contributed by atoms with E-state index in [0.717, 1.165) is 58.0 Å². The summed E-state index contributed by atoms with van der Waals surface area (Å²) in [6.45, 7) is 1.50. The fourth-order valence-corrected chi connectivity index (χ4v) is 6.42. The highest BCUT2D eigenvalue weighted by atomic mass is 16.5. The molecule has 0 radical (unpaired) electrons. The zero-order valence-electron chi connectivity index (χ0n) is 18.3. The minimum atomic E-state index is -0.681. The van der Waals surface area contributed by atoms with Gasteiger partial charge in [-0.2, -0.15) is 0 Å². The molecule has 2 N–H and O–H groups in total. The summed E-state index contributed by atoms with van der Waals surface area (Å²) in [4.78, 5) is 40.2. The molecule has 0 unspecified atom stereocenters. The summed E-state index contributed by atoms with van der Waals surface area (Å²) in [6.07, 6.45) is 7.16. The van der Waals surface area contributed by atoms with Crippen LogP contribution in [0.4, 0.5) is 0 Å². The van der Waals surface area contributed by atoms with E-state index in [1.165, 1.54) is 0 Å². The van der Waals surface area contributed by atoms with Crippen molar-refractivity contribution in [2.24, 2.45) is 23.7 Å². The fourth-order valence-electron chi connectivity index (χ4n) is 6.42. The lowest BCUT2D eigenvalue weighted by Gasteiger charge is -2.55. The SMILES string of the molecule is O=C1N[C@@]2(C[C@H]3CC[C@H]2C[C@@H]3C(=O)NC2CCN(C(=O)C3CC3)CC2)Oc2ccccc21. The first kappa shape index (κ1) is 20.1. The molecule has 7 heteroatoms. The van der Waals surface area contributed by atoms with Crippen molar-refractivity contribution < 1.29 is 19.1 Å². The molecule has 5 fully saturated rings. The van der Waals surface area contributed by atoms with Crippen molar-refractivity contribution in [3.05, 3.63) is 29.8 Å². The van der Waals surface area contributed by atoms with E-state index in [2.05, 4.69) is 10.6 Å². The first-order valence-corrected chi connectivity index (χ1v) is 12.2. The lowest BCUT2D eigenvalue weighted by Crippen LogP contribution is -2.67. The summed E-state index contributed by atoms with van der Waals surface area (Å²) in [5, 5.41) is 6.45. The van der Waals surface area contributed by atoms with Crippen LogP contribution in [0.3, 0.4) is 0 Å². The molecule has 170 valence electrons. The Morgan fingerprint density at radius 3 is 2.56 bits per heavy atom. The average Bonchev–Trinajstić information content (AvgIpc) is 3.65. The minimum Gasteiger partial charge on any atom is -0.467 e. The maximum atomic E-state index is 13.2. The Labute approximate surface area is 188 Å². The van der Waals surface area contributed by atoms with Gasteiger partial charge in [0.1, 0.15) is 5.75 Å². The molecule has 7 rings (SSSR count). The van der Waals surface area contributed by atoms with Crippen molar-refractivity contribution in [2.75, 3.05) is 13.1 Å². The Balaban J connectivity index is 1.08. The quantitative estimate of drug-likeness (QED) is 0.761. The van der Waals surface area contributed by atoms with Gasteiger partial charge in [0.15, 0.2) is 5.72 Å². The third-order valence-corrected chi connectivity index (χ3v) is 8.38. The van der Waals surface area contributed by atoms with E-state index >= 15 is 0 Å². The maximum Gasteiger partial charge on any atom is 0.258 e. The van der Waals surface area contributed by atoms with Gasteiger partial charge < -0.3 is 20.3 Å². The van der Waals surface area contributed by atoms with E-state index in [1.54, 1.807) is 6.07 Å². The Bertz CT molecular complexity index is 952. The molecule has 1 saturated heterocycles.